The number of hydrogen-bond donors (Lipinski definition) is 0. The van der Waals surface area contributed by atoms with Gasteiger partial charge in [-0.25, -0.2) is 0 Å². The van der Waals surface area contributed by atoms with Crippen LogP contribution in [0.1, 0.15) is 22.0 Å². The molecular weight excluding hydrogens is 228 g/mol. The van der Waals surface area contributed by atoms with Crippen LogP contribution < -0.4 is 0 Å². The number of rotatable bonds is 1. The fourth-order valence-corrected chi connectivity index (χ4v) is 2.24. The molecule has 1 amide bonds. The van der Waals surface area contributed by atoms with Crippen LogP contribution in [0, 0.1) is 6.92 Å². The van der Waals surface area contributed by atoms with Crippen molar-refractivity contribution >= 4 is 5.91 Å². The van der Waals surface area contributed by atoms with Crippen LogP contribution in [0.25, 0.3) is 0 Å². The third-order valence-electron chi connectivity index (χ3n) is 3.25. The van der Waals surface area contributed by atoms with Crippen LogP contribution in [0.15, 0.2) is 30.3 Å². The first kappa shape index (κ1) is 11.0. The maximum Gasteiger partial charge on any atom is 0.254 e. The Hall–Kier alpha value is -2.17. The third kappa shape index (κ3) is 1.77. The minimum Gasteiger partial charge on any atom is -0.329 e. The number of nitrogens with zero attached hydrogens (tertiary/aromatic N) is 4. The smallest absolute Gasteiger partial charge is 0.254 e. The highest BCUT2D eigenvalue weighted by Crippen LogP contribution is 2.14. The minimum absolute atomic E-state index is 0.0579. The molecule has 0 unspecified atom stereocenters. The summed E-state index contributed by atoms with van der Waals surface area (Å²) in [5, 5.41) is 8.14. The van der Waals surface area contributed by atoms with Crippen LogP contribution >= 0.6 is 0 Å². The fraction of sp³-hybridized carbons (Fsp3) is 0.308. The number of carbonyl (C=O) groups excluding carboxylic acids is 1. The van der Waals surface area contributed by atoms with Gasteiger partial charge in [0.1, 0.15) is 5.82 Å². The Morgan fingerprint density at radius 2 is 1.94 bits per heavy atom. The molecule has 5 nitrogen and oxygen atoms in total. The Kier molecular flexibility index (Phi) is 2.59. The van der Waals surface area contributed by atoms with E-state index in [9.17, 15) is 4.79 Å². The zero-order chi connectivity index (χ0) is 12.5. The summed E-state index contributed by atoms with van der Waals surface area (Å²) in [4.78, 5) is 14.1. The lowest BCUT2D eigenvalue weighted by Gasteiger charge is -2.27. The lowest BCUT2D eigenvalue weighted by Crippen LogP contribution is -2.38. The second-order valence-corrected chi connectivity index (χ2v) is 4.41. The van der Waals surface area contributed by atoms with Gasteiger partial charge in [0.2, 0.25) is 0 Å². The zero-order valence-electron chi connectivity index (χ0n) is 10.2. The predicted octanol–water partition coefficient (Wildman–Crippen LogP) is 1.24. The van der Waals surface area contributed by atoms with Gasteiger partial charge in [0, 0.05) is 18.7 Å². The lowest BCUT2D eigenvalue weighted by molar-refractivity contribution is 0.0706. The Morgan fingerprint density at radius 3 is 2.72 bits per heavy atom. The Labute approximate surface area is 105 Å². The summed E-state index contributed by atoms with van der Waals surface area (Å²) in [5.41, 5.74) is 0.724. The molecule has 0 saturated heterocycles. The molecule has 2 heterocycles. The number of amides is 1. The van der Waals surface area contributed by atoms with E-state index in [2.05, 4.69) is 14.8 Å². The van der Waals surface area contributed by atoms with E-state index in [1.54, 1.807) is 0 Å². The fourth-order valence-electron chi connectivity index (χ4n) is 2.24. The van der Waals surface area contributed by atoms with Gasteiger partial charge in [-0.3, -0.25) is 4.79 Å². The van der Waals surface area contributed by atoms with Gasteiger partial charge in [-0.1, -0.05) is 18.2 Å². The van der Waals surface area contributed by atoms with Gasteiger partial charge in [0.25, 0.3) is 5.91 Å². The Morgan fingerprint density at radius 1 is 1.17 bits per heavy atom. The van der Waals surface area contributed by atoms with Crippen molar-refractivity contribution in [2.24, 2.45) is 0 Å². The first-order valence-electron chi connectivity index (χ1n) is 5.99. The van der Waals surface area contributed by atoms with Crippen molar-refractivity contribution in [1.82, 2.24) is 19.7 Å². The van der Waals surface area contributed by atoms with E-state index in [-0.39, 0.29) is 5.91 Å². The summed E-state index contributed by atoms with van der Waals surface area (Å²) in [6, 6.07) is 9.35. The van der Waals surface area contributed by atoms with E-state index < -0.39 is 0 Å². The average Bonchev–Trinajstić information content (AvgIpc) is 2.80. The quantitative estimate of drug-likeness (QED) is 0.756. The predicted molar refractivity (Wildman–Crippen MR) is 65.9 cm³/mol. The molecule has 0 fully saturated rings. The van der Waals surface area contributed by atoms with Crippen LogP contribution in [0.3, 0.4) is 0 Å². The summed E-state index contributed by atoms with van der Waals surface area (Å²) in [5.74, 6) is 1.84. The first-order chi connectivity index (χ1) is 8.75. The molecule has 92 valence electrons. The largest absolute Gasteiger partial charge is 0.329 e. The highest BCUT2D eigenvalue weighted by atomic mass is 16.2. The molecule has 0 radical (unpaired) electrons. The van der Waals surface area contributed by atoms with Crippen LogP contribution in [0.5, 0.6) is 0 Å². The van der Waals surface area contributed by atoms with Gasteiger partial charge in [-0.15, -0.1) is 10.2 Å². The zero-order valence-corrected chi connectivity index (χ0v) is 10.2. The van der Waals surface area contributed by atoms with Gasteiger partial charge in [-0.2, -0.15) is 0 Å². The van der Waals surface area contributed by atoms with E-state index in [0.717, 1.165) is 23.8 Å². The normalized spacial score (nSPS) is 14.4. The van der Waals surface area contributed by atoms with Crippen LogP contribution in [-0.4, -0.2) is 32.1 Å². The summed E-state index contributed by atoms with van der Waals surface area (Å²) in [6.07, 6.45) is 0. The van der Waals surface area contributed by atoms with E-state index in [1.165, 1.54) is 0 Å². The lowest BCUT2D eigenvalue weighted by atomic mass is 10.2. The molecule has 3 rings (SSSR count). The molecule has 0 atom stereocenters. The van der Waals surface area contributed by atoms with Crippen molar-refractivity contribution in [2.75, 3.05) is 6.54 Å². The van der Waals surface area contributed by atoms with Crippen molar-refractivity contribution in [1.29, 1.82) is 0 Å². The van der Waals surface area contributed by atoms with E-state index in [0.29, 0.717) is 13.1 Å². The van der Waals surface area contributed by atoms with Gasteiger partial charge in [0.05, 0.1) is 6.54 Å². The molecule has 1 aliphatic rings. The van der Waals surface area contributed by atoms with Gasteiger partial charge in [-0.05, 0) is 19.1 Å². The number of hydrogen-bond acceptors (Lipinski definition) is 3. The van der Waals surface area contributed by atoms with Crippen LogP contribution in [0.2, 0.25) is 0 Å². The summed E-state index contributed by atoms with van der Waals surface area (Å²) >= 11 is 0. The standard InChI is InChI=1S/C13H14N4O/c1-10-14-15-12-9-16(7-8-17(10)12)13(18)11-5-3-2-4-6-11/h2-6H,7-9H2,1H3. The summed E-state index contributed by atoms with van der Waals surface area (Å²) < 4.78 is 2.06. The van der Waals surface area contributed by atoms with Gasteiger partial charge in [0.15, 0.2) is 5.82 Å². The SMILES string of the molecule is Cc1nnc2n1CCN(C(=O)c1ccccc1)C2. The van der Waals surface area contributed by atoms with E-state index >= 15 is 0 Å². The molecule has 0 N–H and O–H groups in total. The molecular formula is C13H14N4O. The molecule has 1 aromatic heterocycles. The van der Waals surface area contributed by atoms with Crippen molar-refractivity contribution in [3.8, 4) is 0 Å². The molecule has 5 heteroatoms. The molecule has 2 aromatic rings. The Balaban J connectivity index is 1.82. The van der Waals surface area contributed by atoms with E-state index in [4.69, 9.17) is 0 Å². The van der Waals surface area contributed by atoms with Crippen molar-refractivity contribution < 1.29 is 4.79 Å². The second-order valence-electron chi connectivity index (χ2n) is 4.41. The number of benzene rings is 1. The monoisotopic (exact) mass is 242 g/mol. The number of fused-ring (bicyclic) bond motifs is 1. The Bertz CT molecular complexity index is 576. The number of aromatic nitrogens is 3. The van der Waals surface area contributed by atoms with Crippen LogP contribution in [-0.2, 0) is 13.1 Å². The van der Waals surface area contributed by atoms with Gasteiger partial charge < -0.3 is 9.47 Å². The number of aryl methyl sites for hydroxylation is 1. The molecule has 0 spiro atoms. The van der Waals surface area contributed by atoms with Crippen molar-refractivity contribution in [3.05, 3.63) is 47.5 Å². The second kappa shape index (κ2) is 4.25. The van der Waals surface area contributed by atoms with Gasteiger partial charge >= 0.3 is 0 Å². The molecule has 0 bridgehead atoms. The van der Waals surface area contributed by atoms with Crippen molar-refractivity contribution in [2.45, 2.75) is 20.0 Å². The molecule has 1 aromatic carbocycles. The molecule has 0 aliphatic carbocycles. The number of carbonyl (C=O) groups is 1. The minimum atomic E-state index is 0.0579. The third-order valence-corrected chi connectivity index (χ3v) is 3.25. The summed E-state index contributed by atoms with van der Waals surface area (Å²) in [7, 11) is 0. The summed E-state index contributed by atoms with van der Waals surface area (Å²) in [6.45, 7) is 3.95. The molecule has 18 heavy (non-hydrogen) atoms. The highest BCUT2D eigenvalue weighted by Gasteiger charge is 2.23. The van der Waals surface area contributed by atoms with E-state index in [1.807, 2.05) is 42.2 Å². The topological polar surface area (TPSA) is 51.0 Å². The maximum atomic E-state index is 12.3. The van der Waals surface area contributed by atoms with Crippen LogP contribution in [0.4, 0.5) is 0 Å². The molecule has 0 saturated carbocycles. The average molecular weight is 242 g/mol. The highest BCUT2D eigenvalue weighted by molar-refractivity contribution is 5.94. The van der Waals surface area contributed by atoms with Crippen molar-refractivity contribution in [3.63, 3.8) is 0 Å². The molecule has 1 aliphatic heterocycles. The first-order valence-corrected chi connectivity index (χ1v) is 5.99. The maximum absolute atomic E-state index is 12.3.